The summed E-state index contributed by atoms with van der Waals surface area (Å²) in [4.78, 5) is 13.2. The third kappa shape index (κ3) is 2.17. The Kier molecular flexibility index (Phi) is 3.63. The van der Waals surface area contributed by atoms with Gasteiger partial charge in [-0.3, -0.25) is 4.79 Å². The first-order valence-corrected chi connectivity index (χ1v) is 8.21. The fourth-order valence-corrected chi connectivity index (χ4v) is 3.69. The van der Waals surface area contributed by atoms with E-state index in [1.54, 1.807) is 24.3 Å². The van der Waals surface area contributed by atoms with Crippen LogP contribution in [0.15, 0.2) is 60.7 Å². The third-order valence-electron chi connectivity index (χ3n) is 4.68. The SMILES string of the molecule is O=C1Nc2c(ccc(F)c2Cl)C1(c1ccc(O)cc1)c1ccc(O)cc1. The number of amides is 1. The van der Waals surface area contributed by atoms with Crippen molar-refractivity contribution in [3.05, 3.63) is 88.2 Å². The molecule has 0 saturated heterocycles. The number of phenolic OH excluding ortho intramolecular Hbond substituents is 2. The number of carbonyl (C=O) groups is 1. The topological polar surface area (TPSA) is 69.6 Å². The predicted molar refractivity (Wildman–Crippen MR) is 96.1 cm³/mol. The van der Waals surface area contributed by atoms with Gasteiger partial charge in [0, 0.05) is 5.56 Å². The third-order valence-corrected chi connectivity index (χ3v) is 5.05. The lowest BCUT2D eigenvalue weighted by atomic mass is 9.70. The molecule has 0 aliphatic carbocycles. The zero-order valence-corrected chi connectivity index (χ0v) is 14.1. The number of hydrogen-bond acceptors (Lipinski definition) is 3. The number of nitrogens with one attached hydrogen (secondary N) is 1. The lowest BCUT2D eigenvalue weighted by Gasteiger charge is -2.29. The molecule has 0 atom stereocenters. The summed E-state index contributed by atoms with van der Waals surface area (Å²) in [6.07, 6.45) is 0. The number of carbonyl (C=O) groups excluding carboxylic acids is 1. The number of phenols is 2. The average molecular weight is 370 g/mol. The van der Waals surface area contributed by atoms with E-state index in [1.807, 2.05) is 0 Å². The van der Waals surface area contributed by atoms with Crippen LogP contribution >= 0.6 is 11.6 Å². The minimum atomic E-state index is -1.28. The van der Waals surface area contributed by atoms with Crippen molar-refractivity contribution in [3.63, 3.8) is 0 Å². The molecule has 130 valence electrons. The van der Waals surface area contributed by atoms with Gasteiger partial charge in [0.05, 0.1) is 5.69 Å². The van der Waals surface area contributed by atoms with E-state index < -0.39 is 17.1 Å². The Balaban J connectivity index is 2.08. The monoisotopic (exact) mass is 369 g/mol. The number of rotatable bonds is 2. The molecule has 0 saturated carbocycles. The van der Waals surface area contributed by atoms with Gasteiger partial charge in [0.2, 0.25) is 5.91 Å². The molecule has 0 bridgehead atoms. The van der Waals surface area contributed by atoms with E-state index in [0.717, 1.165) is 0 Å². The van der Waals surface area contributed by atoms with Gasteiger partial charge >= 0.3 is 0 Å². The van der Waals surface area contributed by atoms with Gasteiger partial charge in [0.15, 0.2) is 0 Å². The number of halogens is 2. The number of hydrogen-bond donors (Lipinski definition) is 3. The lowest BCUT2D eigenvalue weighted by molar-refractivity contribution is -0.118. The van der Waals surface area contributed by atoms with Crippen LogP contribution in [0.5, 0.6) is 11.5 Å². The summed E-state index contributed by atoms with van der Waals surface area (Å²) in [5, 5.41) is 21.8. The number of benzene rings is 3. The van der Waals surface area contributed by atoms with E-state index in [4.69, 9.17) is 11.6 Å². The Labute approximate surface area is 153 Å². The van der Waals surface area contributed by atoms with E-state index >= 15 is 0 Å². The fourth-order valence-electron chi connectivity index (χ4n) is 3.48. The van der Waals surface area contributed by atoms with Crippen molar-refractivity contribution in [3.8, 4) is 11.5 Å². The second kappa shape index (κ2) is 5.75. The first-order valence-electron chi connectivity index (χ1n) is 7.83. The lowest BCUT2D eigenvalue weighted by Crippen LogP contribution is -2.36. The van der Waals surface area contributed by atoms with Gasteiger partial charge in [-0.2, -0.15) is 0 Å². The average Bonchev–Trinajstić information content (AvgIpc) is 2.93. The van der Waals surface area contributed by atoms with Crippen molar-refractivity contribution in [2.75, 3.05) is 5.32 Å². The van der Waals surface area contributed by atoms with Crippen LogP contribution in [0.25, 0.3) is 0 Å². The molecule has 0 unspecified atom stereocenters. The van der Waals surface area contributed by atoms with Crippen molar-refractivity contribution in [2.24, 2.45) is 0 Å². The summed E-state index contributed by atoms with van der Waals surface area (Å²) in [6, 6.07) is 15.2. The second-order valence-corrected chi connectivity index (χ2v) is 6.46. The highest BCUT2D eigenvalue weighted by Gasteiger charge is 2.50. The van der Waals surface area contributed by atoms with Crippen LogP contribution in [0.2, 0.25) is 5.02 Å². The van der Waals surface area contributed by atoms with Gasteiger partial charge in [-0.1, -0.05) is 41.9 Å². The first kappa shape index (κ1) is 16.4. The van der Waals surface area contributed by atoms with E-state index in [2.05, 4.69) is 5.32 Å². The minimum Gasteiger partial charge on any atom is -0.508 e. The summed E-state index contributed by atoms with van der Waals surface area (Å²) in [5.74, 6) is -0.898. The molecule has 1 heterocycles. The molecule has 26 heavy (non-hydrogen) atoms. The van der Waals surface area contributed by atoms with Crippen molar-refractivity contribution in [1.29, 1.82) is 0 Å². The smallest absolute Gasteiger partial charge is 0.244 e. The molecule has 0 fully saturated rings. The molecule has 3 aromatic carbocycles. The number of anilines is 1. The van der Waals surface area contributed by atoms with Crippen LogP contribution in [-0.4, -0.2) is 16.1 Å². The summed E-state index contributed by atoms with van der Waals surface area (Å²) in [5.41, 5.74) is 0.608. The van der Waals surface area contributed by atoms with E-state index in [9.17, 15) is 19.4 Å². The Bertz CT molecular complexity index is 971. The van der Waals surface area contributed by atoms with E-state index in [1.165, 1.54) is 36.4 Å². The van der Waals surface area contributed by atoms with E-state index in [-0.39, 0.29) is 22.2 Å². The molecular weight excluding hydrogens is 357 g/mol. The molecule has 0 radical (unpaired) electrons. The Morgan fingerprint density at radius 2 is 1.35 bits per heavy atom. The normalized spacial score (nSPS) is 14.8. The predicted octanol–water partition coefficient (Wildman–Crippen LogP) is 4.18. The summed E-state index contributed by atoms with van der Waals surface area (Å²) in [6.45, 7) is 0. The van der Waals surface area contributed by atoms with Gasteiger partial charge in [-0.25, -0.2) is 4.39 Å². The van der Waals surface area contributed by atoms with Gasteiger partial charge < -0.3 is 15.5 Å². The fraction of sp³-hybridized carbons (Fsp3) is 0.0500. The minimum absolute atomic E-state index is 0.0605. The zero-order valence-electron chi connectivity index (χ0n) is 13.3. The standard InChI is InChI=1S/C20H13ClFNO3/c21-17-16(22)10-9-15-18(17)23-19(26)20(15,11-1-5-13(24)6-2-11)12-3-7-14(25)8-4-12/h1-10,24-25H,(H,23,26). The second-order valence-electron chi connectivity index (χ2n) is 6.08. The van der Waals surface area contributed by atoms with Crippen LogP contribution in [0.3, 0.4) is 0 Å². The molecule has 3 N–H and O–H groups in total. The van der Waals surface area contributed by atoms with Gasteiger partial charge in [0.1, 0.15) is 27.8 Å². The molecule has 0 aromatic heterocycles. The van der Waals surface area contributed by atoms with E-state index in [0.29, 0.717) is 16.7 Å². The number of fused-ring (bicyclic) bond motifs is 1. The molecule has 3 aromatic rings. The zero-order chi connectivity index (χ0) is 18.5. The summed E-state index contributed by atoms with van der Waals surface area (Å²) < 4.78 is 13.9. The molecule has 0 spiro atoms. The van der Waals surface area contributed by atoms with Crippen molar-refractivity contribution in [1.82, 2.24) is 0 Å². The highest BCUT2D eigenvalue weighted by atomic mass is 35.5. The highest BCUT2D eigenvalue weighted by molar-refractivity contribution is 6.35. The summed E-state index contributed by atoms with van der Waals surface area (Å²) >= 11 is 6.09. The Hall–Kier alpha value is -3.05. The molecule has 1 amide bonds. The van der Waals surface area contributed by atoms with Crippen molar-refractivity contribution >= 4 is 23.2 Å². The van der Waals surface area contributed by atoms with Crippen LogP contribution in [-0.2, 0) is 10.2 Å². The van der Waals surface area contributed by atoms with Gasteiger partial charge in [-0.05, 0) is 41.5 Å². The van der Waals surface area contributed by atoms with Gasteiger partial charge in [0.25, 0.3) is 0 Å². The van der Waals surface area contributed by atoms with Crippen LogP contribution in [0.1, 0.15) is 16.7 Å². The molecule has 1 aliphatic heterocycles. The highest BCUT2D eigenvalue weighted by Crippen LogP contribution is 2.50. The quantitative estimate of drug-likeness (QED) is 0.634. The van der Waals surface area contributed by atoms with Crippen LogP contribution in [0, 0.1) is 5.82 Å². The van der Waals surface area contributed by atoms with Crippen LogP contribution in [0.4, 0.5) is 10.1 Å². The largest absolute Gasteiger partial charge is 0.508 e. The number of aromatic hydroxyl groups is 2. The van der Waals surface area contributed by atoms with Crippen LogP contribution < -0.4 is 5.32 Å². The summed E-state index contributed by atoms with van der Waals surface area (Å²) in [7, 11) is 0. The molecule has 1 aliphatic rings. The van der Waals surface area contributed by atoms with Gasteiger partial charge in [-0.15, -0.1) is 0 Å². The Morgan fingerprint density at radius 3 is 1.85 bits per heavy atom. The molecule has 4 nitrogen and oxygen atoms in total. The van der Waals surface area contributed by atoms with Crippen molar-refractivity contribution in [2.45, 2.75) is 5.41 Å². The van der Waals surface area contributed by atoms with Crippen molar-refractivity contribution < 1.29 is 19.4 Å². The maximum absolute atomic E-state index is 13.9. The molecule has 6 heteroatoms. The maximum atomic E-state index is 13.9. The molecule has 4 rings (SSSR count). The maximum Gasteiger partial charge on any atom is 0.244 e. The first-order chi connectivity index (χ1) is 12.4. The molecular formula is C20H13ClFNO3. The Morgan fingerprint density at radius 1 is 0.846 bits per heavy atom.